The lowest BCUT2D eigenvalue weighted by Gasteiger charge is -2.20. The van der Waals surface area contributed by atoms with Gasteiger partial charge in [-0.25, -0.2) is 0 Å². The summed E-state index contributed by atoms with van der Waals surface area (Å²) >= 11 is 0. The molecule has 0 amide bonds. The summed E-state index contributed by atoms with van der Waals surface area (Å²) in [7, 11) is 0. The summed E-state index contributed by atoms with van der Waals surface area (Å²) in [6.45, 7) is 4.03. The molecule has 10 rings (SSSR count). The Hall–Kier alpha value is -7.06. The van der Waals surface area contributed by atoms with Crippen molar-refractivity contribution in [2.45, 2.75) is 26.2 Å². The number of para-hydroxylation sites is 2. The second-order valence-electron chi connectivity index (χ2n) is 15.3. The number of fused-ring (bicyclic) bond motifs is 6. The number of hydrogen-bond donors (Lipinski definition) is 0. The molecule has 2 heterocycles. The molecule has 0 bridgehead atoms. The van der Waals surface area contributed by atoms with Gasteiger partial charge in [0.2, 0.25) is 0 Å². The molecule has 10 aromatic rings. The van der Waals surface area contributed by atoms with Crippen molar-refractivity contribution in [3.8, 4) is 44.8 Å². The van der Waals surface area contributed by atoms with Gasteiger partial charge in [-0.05, 0) is 119 Å². The van der Waals surface area contributed by atoms with Gasteiger partial charge in [-0.3, -0.25) is 0 Å². The van der Waals surface area contributed by atoms with Crippen LogP contribution in [-0.4, -0.2) is 9.13 Å². The molecule has 60 heavy (non-hydrogen) atoms. The van der Waals surface area contributed by atoms with Gasteiger partial charge < -0.3 is 9.13 Å². The maximum absolute atomic E-state index is 15.1. The number of halogens is 6. The Kier molecular flexibility index (Phi) is 8.54. The number of nitrogens with zero attached hydrogens (tertiary/aromatic N) is 2. The number of alkyl halides is 6. The molecular weight excluding hydrogens is 767 g/mol. The fourth-order valence-electron chi connectivity index (χ4n) is 8.87. The highest BCUT2D eigenvalue weighted by Gasteiger charge is 2.37. The van der Waals surface area contributed by atoms with Gasteiger partial charge in [0.15, 0.2) is 0 Å². The summed E-state index contributed by atoms with van der Waals surface area (Å²) in [4.78, 5) is 0. The molecule has 294 valence electrons. The molecule has 2 aromatic heterocycles. The van der Waals surface area contributed by atoms with E-state index in [0.717, 1.165) is 67.1 Å². The smallest absolute Gasteiger partial charge is 0.309 e. The maximum atomic E-state index is 15.1. The molecule has 0 aliphatic heterocycles. The van der Waals surface area contributed by atoms with Crippen molar-refractivity contribution in [2.75, 3.05) is 0 Å². The first-order valence-electron chi connectivity index (χ1n) is 19.5. The minimum absolute atomic E-state index is 0.128. The van der Waals surface area contributed by atoms with Crippen LogP contribution < -0.4 is 0 Å². The highest BCUT2D eigenvalue weighted by atomic mass is 19.4. The van der Waals surface area contributed by atoms with E-state index in [1.54, 1.807) is 33.4 Å². The Morgan fingerprint density at radius 3 is 1.08 bits per heavy atom. The largest absolute Gasteiger partial charge is 0.418 e. The van der Waals surface area contributed by atoms with Crippen LogP contribution in [0.3, 0.4) is 0 Å². The van der Waals surface area contributed by atoms with Crippen LogP contribution in [0.4, 0.5) is 26.3 Å². The van der Waals surface area contributed by atoms with Crippen LogP contribution in [0.2, 0.25) is 0 Å². The van der Waals surface area contributed by atoms with Crippen molar-refractivity contribution in [2.24, 2.45) is 0 Å². The first-order valence-corrected chi connectivity index (χ1v) is 19.5. The topological polar surface area (TPSA) is 9.86 Å². The number of aromatic nitrogens is 2. The van der Waals surface area contributed by atoms with Crippen LogP contribution >= 0.6 is 0 Å². The molecule has 8 aromatic carbocycles. The van der Waals surface area contributed by atoms with E-state index in [2.05, 4.69) is 0 Å². The van der Waals surface area contributed by atoms with Crippen molar-refractivity contribution in [3.63, 3.8) is 0 Å². The van der Waals surface area contributed by atoms with Crippen LogP contribution in [0.5, 0.6) is 0 Å². The van der Waals surface area contributed by atoms with E-state index in [9.17, 15) is 0 Å². The molecule has 2 nitrogen and oxygen atoms in total. The standard InChI is InChI=1S/C52H34F6N2/c1-31-11-3-5-13-37(31)35-21-25-47-41(27-35)39-15-7-9-17-45(39)59(47)49-29-33(19-23-43(49)51(53,54)55)34-20-24-44(52(56,57)58)50(30-34)60-46-18-10-8-16-40(46)42-28-36(22-26-48(42)60)38-14-6-4-12-32(38)2/h3-30H,1-2H3. The fraction of sp³-hybridized carbons (Fsp3) is 0.0769. The summed E-state index contributed by atoms with van der Waals surface area (Å²) in [5.41, 5.74) is 6.98. The second kappa shape index (κ2) is 13.8. The molecule has 8 heteroatoms. The Balaban J connectivity index is 1.20. The van der Waals surface area contributed by atoms with Gasteiger partial charge >= 0.3 is 12.4 Å². The van der Waals surface area contributed by atoms with Gasteiger partial charge in [0.25, 0.3) is 0 Å². The number of benzene rings is 8. The molecule has 0 fully saturated rings. The molecule has 0 unspecified atom stereocenters. The Labute approximate surface area is 341 Å². The van der Waals surface area contributed by atoms with Gasteiger partial charge in [-0.1, -0.05) is 109 Å². The lowest BCUT2D eigenvalue weighted by molar-refractivity contribution is -0.138. The second-order valence-corrected chi connectivity index (χ2v) is 15.3. The SMILES string of the molecule is Cc1ccccc1-c1ccc2c(c1)c1ccccc1n2-c1cc(-c2ccc(C(F)(F)F)c(-n3c4ccccc4c4cc(-c5ccccc5C)ccc43)c2)ccc1C(F)(F)F. The summed E-state index contributed by atoms with van der Waals surface area (Å²) < 4.78 is 93.5. The van der Waals surface area contributed by atoms with Crippen molar-refractivity contribution in [3.05, 3.63) is 192 Å². The average molecular weight is 801 g/mol. The molecule has 0 radical (unpaired) electrons. The minimum Gasteiger partial charge on any atom is -0.309 e. The molecule has 0 aliphatic rings. The number of aryl methyl sites for hydroxylation is 2. The van der Waals surface area contributed by atoms with Crippen molar-refractivity contribution >= 4 is 43.6 Å². The van der Waals surface area contributed by atoms with Gasteiger partial charge in [-0.15, -0.1) is 0 Å². The van der Waals surface area contributed by atoms with Crippen LogP contribution in [0.1, 0.15) is 22.3 Å². The predicted octanol–water partition coefficient (Wildman–Crippen LogP) is 15.5. The van der Waals surface area contributed by atoms with E-state index in [-0.39, 0.29) is 11.4 Å². The van der Waals surface area contributed by atoms with Crippen molar-refractivity contribution in [1.29, 1.82) is 0 Å². The predicted molar refractivity (Wildman–Crippen MR) is 231 cm³/mol. The lowest BCUT2D eigenvalue weighted by Crippen LogP contribution is -2.12. The van der Waals surface area contributed by atoms with E-state index < -0.39 is 23.5 Å². The quantitative estimate of drug-likeness (QED) is 0.153. The van der Waals surface area contributed by atoms with Crippen molar-refractivity contribution < 1.29 is 26.3 Å². The van der Waals surface area contributed by atoms with E-state index in [1.165, 1.54) is 24.3 Å². The zero-order chi connectivity index (χ0) is 41.5. The minimum atomic E-state index is -4.74. The first kappa shape index (κ1) is 37.2. The molecule has 0 spiro atoms. The highest BCUT2D eigenvalue weighted by molar-refractivity contribution is 6.12. The van der Waals surface area contributed by atoms with E-state index in [0.29, 0.717) is 33.2 Å². The van der Waals surface area contributed by atoms with Gasteiger partial charge in [-0.2, -0.15) is 26.3 Å². The molecule has 0 aliphatic carbocycles. The number of rotatable bonds is 5. The molecule has 0 atom stereocenters. The van der Waals surface area contributed by atoms with Crippen molar-refractivity contribution in [1.82, 2.24) is 9.13 Å². The van der Waals surface area contributed by atoms with Gasteiger partial charge in [0.05, 0.1) is 44.6 Å². The zero-order valence-corrected chi connectivity index (χ0v) is 32.3. The summed E-state index contributed by atoms with van der Waals surface area (Å²) in [6.07, 6.45) is -9.48. The fourth-order valence-corrected chi connectivity index (χ4v) is 8.87. The maximum Gasteiger partial charge on any atom is 0.418 e. The summed E-state index contributed by atoms with van der Waals surface area (Å²) in [5, 5.41) is 3.10. The Morgan fingerprint density at radius 2 is 0.683 bits per heavy atom. The van der Waals surface area contributed by atoms with Gasteiger partial charge in [0, 0.05) is 21.5 Å². The lowest BCUT2D eigenvalue weighted by atomic mass is 9.98. The Bertz CT molecular complexity index is 3100. The van der Waals surface area contributed by atoms with Gasteiger partial charge in [0.1, 0.15) is 0 Å². The van der Waals surface area contributed by atoms with E-state index in [4.69, 9.17) is 0 Å². The van der Waals surface area contributed by atoms with Crippen LogP contribution in [-0.2, 0) is 12.4 Å². The monoisotopic (exact) mass is 800 g/mol. The zero-order valence-electron chi connectivity index (χ0n) is 32.3. The average Bonchev–Trinajstić information content (AvgIpc) is 3.75. The van der Waals surface area contributed by atoms with E-state index >= 15 is 26.3 Å². The molecule has 0 N–H and O–H groups in total. The normalized spacial score (nSPS) is 12.3. The molecular formula is C52H34F6N2. The number of hydrogen-bond acceptors (Lipinski definition) is 0. The summed E-state index contributed by atoms with van der Waals surface area (Å²) in [6, 6.07) is 49.7. The molecule has 0 saturated heterocycles. The van der Waals surface area contributed by atoms with Crippen LogP contribution in [0.15, 0.2) is 170 Å². The van der Waals surface area contributed by atoms with Crippen LogP contribution in [0.25, 0.3) is 88.4 Å². The third-order valence-electron chi connectivity index (χ3n) is 11.7. The molecule has 0 saturated carbocycles. The summed E-state index contributed by atoms with van der Waals surface area (Å²) in [5.74, 6) is 0. The van der Waals surface area contributed by atoms with E-state index in [1.807, 2.05) is 123 Å². The first-order chi connectivity index (χ1) is 28.9. The third-order valence-corrected chi connectivity index (χ3v) is 11.7. The van der Waals surface area contributed by atoms with Crippen LogP contribution in [0, 0.1) is 13.8 Å². The highest BCUT2D eigenvalue weighted by Crippen LogP contribution is 2.45. The third kappa shape index (κ3) is 6.05. The Morgan fingerprint density at radius 1 is 0.333 bits per heavy atom.